The first-order chi connectivity index (χ1) is 7.71. The number of esters is 1. The highest BCUT2D eigenvalue weighted by atomic mass is 79.9. The van der Waals surface area contributed by atoms with E-state index < -0.39 is 16.1 Å². The summed E-state index contributed by atoms with van der Waals surface area (Å²) >= 11 is 3.24. The van der Waals surface area contributed by atoms with Crippen molar-refractivity contribution < 1.29 is 14.3 Å². The second-order valence-electron chi connectivity index (χ2n) is 4.83. The quantitative estimate of drug-likeness (QED) is 0.633. The minimum absolute atomic E-state index is 0.450. The summed E-state index contributed by atoms with van der Waals surface area (Å²) < 4.78 is 9.64. The van der Waals surface area contributed by atoms with Gasteiger partial charge in [0.15, 0.2) is 0 Å². The van der Waals surface area contributed by atoms with Gasteiger partial charge in [-0.15, -0.1) is 0 Å². The molecule has 94 valence electrons. The average Bonchev–Trinajstić information content (AvgIpc) is 2.15. The third-order valence-corrected chi connectivity index (χ3v) is 2.30. The van der Waals surface area contributed by atoms with Crippen LogP contribution >= 0.6 is 15.9 Å². The van der Waals surface area contributed by atoms with E-state index >= 15 is 0 Å². The van der Waals surface area contributed by atoms with Crippen molar-refractivity contribution in [1.29, 1.82) is 0 Å². The lowest BCUT2D eigenvalue weighted by atomic mass is 10.2. The largest absolute Gasteiger partial charge is 0.465 e. The molecule has 1 aromatic rings. The highest BCUT2D eigenvalue weighted by Crippen LogP contribution is 2.26. The molecule has 0 aliphatic heterocycles. The van der Waals surface area contributed by atoms with Gasteiger partial charge in [0.25, 0.3) is 4.51 Å². The van der Waals surface area contributed by atoms with Gasteiger partial charge in [0.05, 0.1) is 0 Å². The van der Waals surface area contributed by atoms with Crippen LogP contribution in [0.5, 0.6) is 5.75 Å². The fourth-order valence-corrected chi connectivity index (χ4v) is 1.39. The lowest BCUT2D eigenvalue weighted by Gasteiger charge is -2.27. The Balaban J connectivity index is 2.72. The maximum atomic E-state index is 11.9. The van der Waals surface area contributed by atoms with Crippen LogP contribution in [0.25, 0.3) is 0 Å². The fraction of sp³-hybridized carbons (Fsp3) is 0.462. The molecule has 0 aliphatic rings. The average molecular weight is 301 g/mol. The fourth-order valence-electron chi connectivity index (χ4n) is 1.12. The Morgan fingerprint density at radius 2 is 1.65 bits per heavy atom. The topological polar surface area (TPSA) is 35.5 Å². The van der Waals surface area contributed by atoms with Crippen LogP contribution in [0.4, 0.5) is 0 Å². The summed E-state index contributed by atoms with van der Waals surface area (Å²) in [7, 11) is 0. The van der Waals surface area contributed by atoms with Gasteiger partial charge in [-0.05, 0) is 55.8 Å². The molecule has 4 heteroatoms. The Kier molecular flexibility index (Phi) is 4.20. The molecule has 0 saturated carbocycles. The van der Waals surface area contributed by atoms with Gasteiger partial charge in [-0.2, -0.15) is 0 Å². The molecule has 1 unspecified atom stereocenters. The molecule has 0 aromatic heterocycles. The number of hydrogen-bond donors (Lipinski definition) is 0. The molecule has 0 heterocycles. The molecule has 1 atom stereocenters. The predicted molar refractivity (Wildman–Crippen MR) is 70.2 cm³/mol. The molecule has 3 nitrogen and oxygen atoms in total. The molecule has 0 amide bonds. The lowest BCUT2D eigenvalue weighted by Crippen LogP contribution is -2.40. The van der Waals surface area contributed by atoms with E-state index in [-0.39, 0.29) is 0 Å². The van der Waals surface area contributed by atoms with Gasteiger partial charge < -0.3 is 9.47 Å². The SMILES string of the molecule is CC(C)(C)OC(=O)C(C)(Br)Oc1ccccc1. The number of hydrogen-bond acceptors (Lipinski definition) is 3. The van der Waals surface area contributed by atoms with E-state index in [1.165, 1.54) is 0 Å². The Bertz CT molecular complexity index is 379. The van der Waals surface area contributed by atoms with Crippen LogP contribution in [-0.4, -0.2) is 16.1 Å². The molecule has 1 aromatic carbocycles. The molecule has 0 aliphatic carbocycles. The maximum absolute atomic E-state index is 11.9. The van der Waals surface area contributed by atoms with E-state index in [2.05, 4.69) is 15.9 Å². The van der Waals surface area contributed by atoms with Crippen molar-refractivity contribution in [3.63, 3.8) is 0 Å². The van der Waals surface area contributed by atoms with Gasteiger partial charge in [-0.1, -0.05) is 18.2 Å². The molecule has 0 spiro atoms. The molecule has 0 radical (unpaired) electrons. The molecule has 1 rings (SSSR count). The van der Waals surface area contributed by atoms with Crippen LogP contribution < -0.4 is 4.74 Å². The Morgan fingerprint density at radius 3 is 2.12 bits per heavy atom. The summed E-state index contributed by atoms with van der Waals surface area (Å²) in [5.74, 6) is 0.159. The van der Waals surface area contributed by atoms with Crippen LogP contribution in [0.2, 0.25) is 0 Å². The van der Waals surface area contributed by atoms with E-state index in [4.69, 9.17) is 9.47 Å². The van der Waals surface area contributed by atoms with Crippen LogP contribution in [0.15, 0.2) is 30.3 Å². The van der Waals surface area contributed by atoms with E-state index in [9.17, 15) is 4.79 Å². The monoisotopic (exact) mass is 300 g/mol. The molecule has 0 saturated heterocycles. The van der Waals surface area contributed by atoms with E-state index in [1.54, 1.807) is 19.1 Å². The maximum Gasteiger partial charge on any atom is 0.362 e. The number of para-hydroxylation sites is 1. The van der Waals surface area contributed by atoms with Gasteiger partial charge in [0.2, 0.25) is 0 Å². The zero-order chi connectivity index (χ0) is 13.1. The van der Waals surface area contributed by atoms with Crippen molar-refractivity contribution in [3.05, 3.63) is 30.3 Å². The summed E-state index contributed by atoms with van der Waals surface area (Å²) in [6, 6.07) is 9.13. The third-order valence-electron chi connectivity index (χ3n) is 1.82. The molecule has 0 bridgehead atoms. The standard InChI is InChI=1S/C13H17BrO3/c1-12(2,3)17-11(15)13(4,14)16-10-8-6-5-7-9-10/h5-9H,1-4H3. The minimum atomic E-state index is -1.18. The van der Waals surface area contributed by atoms with Crippen molar-refractivity contribution in [3.8, 4) is 5.75 Å². The number of ether oxygens (including phenoxy) is 2. The Labute approximate surface area is 110 Å². The first-order valence-corrected chi connectivity index (χ1v) is 6.16. The second kappa shape index (κ2) is 5.08. The van der Waals surface area contributed by atoms with Crippen LogP contribution in [-0.2, 0) is 9.53 Å². The Hall–Kier alpha value is -1.03. The van der Waals surface area contributed by atoms with Crippen molar-refractivity contribution in [2.75, 3.05) is 0 Å². The van der Waals surface area contributed by atoms with Crippen molar-refractivity contribution in [2.24, 2.45) is 0 Å². The number of benzene rings is 1. The normalized spacial score (nSPS) is 14.9. The number of carbonyl (C=O) groups is 1. The Morgan fingerprint density at radius 1 is 1.12 bits per heavy atom. The van der Waals surface area contributed by atoms with Crippen LogP contribution in [0.3, 0.4) is 0 Å². The van der Waals surface area contributed by atoms with Gasteiger partial charge in [0.1, 0.15) is 11.4 Å². The lowest BCUT2D eigenvalue weighted by molar-refractivity contribution is -0.164. The highest BCUT2D eigenvalue weighted by molar-refractivity contribution is 9.10. The first kappa shape index (κ1) is 14.0. The molecule has 0 fully saturated rings. The van der Waals surface area contributed by atoms with Crippen LogP contribution in [0, 0.1) is 0 Å². The molecule has 0 N–H and O–H groups in total. The van der Waals surface area contributed by atoms with Crippen LogP contribution in [0.1, 0.15) is 27.7 Å². The number of alkyl halides is 1. The van der Waals surface area contributed by atoms with Gasteiger partial charge >= 0.3 is 5.97 Å². The zero-order valence-electron chi connectivity index (χ0n) is 10.5. The smallest absolute Gasteiger partial charge is 0.362 e. The first-order valence-electron chi connectivity index (χ1n) is 5.37. The number of halogens is 1. The van der Waals surface area contributed by atoms with Crippen molar-refractivity contribution >= 4 is 21.9 Å². The van der Waals surface area contributed by atoms with Gasteiger partial charge in [-0.25, -0.2) is 4.79 Å². The molecular weight excluding hydrogens is 284 g/mol. The summed E-state index contributed by atoms with van der Waals surface area (Å²) in [5.41, 5.74) is -0.536. The molecule has 17 heavy (non-hydrogen) atoms. The summed E-state index contributed by atoms with van der Waals surface area (Å²) in [6.07, 6.45) is 0. The third kappa shape index (κ3) is 4.77. The number of rotatable bonds is 3. The molecular formula is C13H17BrO3. The van der Waals surface area contributed by atoms with Crippen molar-refractivity contribution in [2.45, 2.75) is 37.8 Å². The zero-order valence-corrected chi connectivity index (χ0v) is 12.1. The highest BCUT2D eigenvalue weighted by Gasteiger charge is 2.36. The van der Waals surface area contributed by atoms with E-state index in [1.807, 2.05) is 39.0 Å². The second-order valence-corrected chi connectivity index (χ2v) is 6.35. The minimum Gasteiger partial charge on any atom is -0.465 e. The summed E-state index contributed by atoms with van der Waals surface area (Å²) in [4.78, 5) is 11.9. The summed E-state index contributed by atoms with van der Waals surface area (Å²) in [6.45, 7) is 7.07. The van der Waals surface area contributed by atoms with Gasteiger partial charge in [-0.3, -0.25) is 0 Å². The predicted octanol–water partition coefficient (Wildman–Crippen LogP) is 3.52. The van der Waals surface area contributed by atoms with Crippen molar-refractivity contribution in [1.82, 2.24) is 0 Å². The van der Waals surface area contributed by atoms with Gasteiger partial charge in [0, 0.05) is 0 Å². The van der Waals surface area contributed by atoms with E-state index in [0.717, 1.165) is 0 Å². The summed E-state index contributed by atoms with van der Waals surface area (Å²) in [5, 5.41) is 0. The van der Waals surface area contributed by atoms with E-state index in [0.29, 0.717) is 5.75 Å². The number of carbonyl (C=O) groups excluding carboxylic acids is 1.